The topological polar surface area (TPSA) is 72.6 Å². The highest BCUT2D eigenvalue weighted by atomic mass is 16.7. The molecule has 2 N–H and O–H groups in total. The van der Waals surface area contributed by atoms with Crippen LogP contribution in [-0.2, 0) is 11.4 Å². The molecule has 0 fully saturated rings. The van der Waals surface area contributed by atoms with Gasteiger partial charge in [0.15, 0.2) is 0 Å². The van der Waals surface area contributed by atoms with Gasteiger partial charge in [-0.05, 0) is 11.6 Å². The lowest BCUT2D eigenvalue weighted by atomic mass is 10.0. The van der Waals surface area contributed by atoms with Crippen molar-refractivity contribution in [2.75, 3.05) is 7.11 Å². The zero-order valence-electron chi connectivity index (χ0n) is 8.19. The van der Waals surface area contributed by atoms with Crippen molar-refractivity contribution < 1.29 is 14.4 Å². The van der Waals surface area contributed by atoms with E-state index in [-0.39, 0.29) is 6.54 Å². The first-order valence-corrected chi connectivity index (χ1v) is 4.45. The lowest BCUT2D eigenvalue weighted by Gasteiger charge is -2.08. The summed E-state index contributed by atoms with van der Waals surface area (Å²) in [7, 11) is 1.28. The van der Waals surface area contributed by atoms with Crippen molar-refractivity contribution in [2.45, 2.75) is 6.54 Å². The summed E-state index contributed by atoms with van der Waals surface area (Å²) in [5.41, 5.74) is 6.86. The van der Waals surface area contributed by atoms with Gasteiger partial charge in [0.05, 0.1) is 18.2 Å². The number of fused-ring (bicyclic) bond motifs is 1. The molecular formula is C10H10N2O3. The Morgan fingerprint density at radius 1 is 1.33 bits per heavy atom. The minimum Gasteiger partial charge on any atom is -0.326 e. The molecule has 2 amide bonds. The third kappa shape index (κ3) is 1.25. The highest BCUT2D eigenvalue weighted by molar-refractivity contribution is 6.21. The highest BCUT2D eigenvalue weighted by Gasteiger charge is 2.37. The molecule has 0 radical (unpaired) electrons. The number of nitrogens with zero attached hydrogens (tertiary/aromatic N) is 1. The molecule has 1 aliphatic rings. The van der Waals surface area contributed by atoms with Crippen molar-refractivity contribution in [1.82, 2.24) is 5.06 Å². The Kier molecular flexibility index (Phi) is 2.26. The summed E-state index contributed by atoms with van der Waals surface area (Å²) in [5, 5.41) is 0.740. The van der Waals surface area contributed by atoms with Crippen molar-refractivity contribution in [3.8, 4) is 0 Å². The normalized spacial score (nSPS) is 14.7. The molecule has 0 spiro atoms. The monoisotopic (exact) mass is 206 g/mol. The molecule has 0 atom stereocenters. The largest absolute Gasteiger partial charge is 0.326 e. The van der Waals surface area contributed by atoms with Crippen LogP contribution in [0.5, 0.6) is 0 Å². The number of rotatable bonds is 2. The quantitative estimate of drug-likeness (QED) is 0.706. The summed E-state index contributed by atoms with van der Waals surface area (Å²) < 4.78 is 0. The third-order valence-electron chi connectivity index (χ3n) is 2.37. The first-order chi connectivity index (χ1) is 7.20. The van der Waals surface area contributed by atoms with Crippen molar-refractivity contribution in [1.29, 1.82) is 0 Å². The van der Waals surface area contributed by atoms with Crippen LogP contribution in [0.4, 0.5) is 0 Å². The van der Waals surface area contributed by atoms with E-state index in [4.69, 9.17) is 10.6 Å². The van der Waals surface area contributed by atoms with Crippen LogP contribution in [0.25, 0.3) is 0 Å². The molecule has 15 heavy (non-hydrogen) atoms. The van der Waals surface area contributed by atoms with Gasteiger partial charge in [0, 0.05) is 6.54 Å². The lowest BCUT2D eigenvalue weighted by Crippen LogP contribution is -2.28. The van der Waals surface area contributed by atoms with E-state index in [1.807, 2.05) is 0 Å². The summed E-state index contributed by atoms with van der Waals surface area (Å²) >= 11 is 0. The number of hydrogen-bond donors (Lipinski definition) is 1. The van der Waals surface area contributed by atoms with Crippen molar-refractivity contribution in [2.24, 2.45) is 5.73 Å². The van der Waals surface area contributed by atoms with Gasteiger partial charge in [-0.3, -0.25) is 14.4 Å². The van der Waals surface area contributed by atoms with Crippen LogP contribution in [0, 0.1) is 0 Å². The zero-order valence-corrected chi connectivity index (χ0v) is 8.19. The fraction of sp³-hybridized carbons (Fsp3) is 0.200. The average molecular weight is 206 g/mol. The maximum Gasteiger partial charge on any atom is 0.286 e. The Morgan fingerprint density at radius 2 is 2.07 bits per heavy atom. The van der Waals surface area contributed by atoms with Gasteiger partial charge in [-0.25, -0.2) is 0 Å². The number of nitrogens with two attached hydrogens (primary N) is 1. The Labute approximate surface area is 86.4 Å². The predicted molar refractivity (Wildman–Crippen MR) is 51.8 cm³/mol. The molecule has 1 heterocycles. The second-order valence-electron chi connectivity index (χ2n) is 3.13. The molecule has 2 rings (SSSR count). The molecule has 1 aromatic rings. The summed E-state index contributed by atoms with van der Waals surface area (Å²) in [4.78, 5) is 28.1. The number of amides is 2. The van der Waals surface area contributed by atoms with Gasteiger partial charge in [-0.1, -0.05) is 12.1 Å². The van der Waals surface area contributed by atoms with Gasteiger partial charge in [0.1, 0.15) is 0 Å². The standard InChI is InChI=1S/C10H10N2O3/c1-15-12-9(13)7-4-2-3-6(5-11)8(7)10(12)14/h2-4H,5,11H2,1H3. The number of imide groups is 1. The van der Waals surface area contributed by atoms with E-state index in [0.717, 1.165) is 5.06 Å². The second-order valence-corrected chi connectivity index (χ2v) is 3.13. The summed E-state index contributed by atoms with van der Waals surface area (Å²) in [5.74, 6) is -0.883. The molecule has 0 saturated heterocycles. The Morgan fingerprint density at radius 3 is 2.67 bits per heavy atom. The van der Waals surface area contributed by atoms with Gasteiger partial charge >= 0.3 is 0 Å². The number of carbonyl (C=O) groups is 2. The summed E-state index contributed by atoms with van der Waals surface area (Å²) in [6.45, 7) is 0.222. The van der Waals surface area contributed by atoms with E-state index < -0.39 is 11.8 Å². The van der Waals surface area contributed by atoms with Crippen LogP contribution >= 0.6 is 0 Å². The third-order valence-corrected chi connectivity index (χ3v) is 2.37. The van der Waals surface area contributed by atoms with E-state index in [0.29, 0.717) is 16.7 Å². The van der Waals surface area contributed by atoms with E-state index in [1.54, 1.807) is 18.2 Å². The van der Waals surface area contributed by atoms with Crippen LogP contribution in [0.1, 0.15) is 26.3 Å². The fourth-order valence-corrected chi connectivity index (χ4v) is 1.67. The Bertz CT molecular complexity index is 442. The maximum atomic E-state index is 11.7. The Hall–Kier alpha value is -1.72. The molecule has 5 nitrogen and oxygen atoms in total. The van der Waals surface area contributed by atoms with Gasteiger partial charge < -0.3 is 5.73 Å². The molecule has 0 aromatic heterocycles. The van der Waals surface area contributed by atoms with Gasteiger partial charge in [0.2, 0.25) is 0 Å². The van der Waals surface area contributed by atoms with E-state index in [1.165, 1.54) is 7.11 Å². The Balaban J connectivity index is 2.62. The molecule has 0 aliphatic carbocycles. The van der Waals surface area contributed by atoms with Crippen LogP contribution in [0.2, 0.25) is 0 Å². The number of carbonyl (C=O) groups excluding carboxylic acids is 2. The van der Waals surface area contributed by atoms with Gasteiger partial charge in [0.25, 0.3) is 11.8 Å². The number of hydrogen-bond acceptors (Lipinski definition) is 4. The average Bonchev–Trinajstić information content (AvgIpc) is 2.51. The lowest BCUT2D eigenvalue weighted by molar-refractivity contribution is -0.0646. The van der Waals surface area contributed by atoms with Gasteiger partial charge in [-0.2, -0.15) is 0 Å². The van der Waals surface area contributed by atoms with Crippen molar-refractivity contribution in [3.05, 3.63) is 34.9 Å². The molecule has 0 bridgehead atoms. The molecular weight excluding hydrogens is 196 g/mol. The minimum atomic E-state index is -0.446. The van der Waals surface area contributed by atoms with E-state index in [9.17, 15) is 9.59 Å². The van der Waals surface area contributed by atoms with Crippen LogP contribution < -0.4 is 5.73 Å². The van der Waals surface area contributed by atoms with Crippen LogP contribution in [-0.4, -0.2) is 24.0 Å². The smallest absolute Gasteiger partial charge is 0.286 e. The molecule has 1 aromatic carbocycles. The first-order valence-electron chi connectivity index (χ1n) is 4.45. The van der Waals surface area contributed by atoms with Crippen LogP contribution in [0.15, 0.2) is 18.2 Å². The first kappa shape index (κ1) is 9.82. The summed E-state index contributed by atoms with van der Waals surface area (Å²) in [6, 6.07) is 5.02. The van der Waals surface area contributed by atoms with Crippen LogP contribution in [0.3, 0.4) is 0 Å². The van der Waals surface area contributed by atoms with E-state index >= 15 is 0 Å². The highest BCUT2D eigenvalue weighted by Crippen LogP contribution is 2.25. The maximum absolute atomic E-state index is 11.7. The molecule has 5 heteroatoms. The predicted octanol–water partition coefficient (Wildman–Crippen LogP) is 0.303. The number of benzene rings is 1. The van der Waals surface area contributed by atoms with E-state index in [2.05, 4.69) is 0 Å². The SMILES string of the molecule is CON1C(=O)c2cccc(CN)c2C1=O. The second kappa shape index (κ2) is 3.45. The van der Waals surface area contributed by atoms with Crippen molar-refractivity contribution in [3.63, 3.8) is 0 Å². The fourth-order valence-electron chi connectivity index (χ4n) is 1.67. The van der Waals surface area contributed by atoms with Crippen molar-refractivity contribution >= 4 is 11.8 Å². The number of hydroxylamine groups is 2. The molecule has 78 valence electrons. The molecule has 1 aliphatic heterocycles. The minimum absolute atomic E-state index is 0.222. The zero-order chi connectivity index (χ0) is 11.0. The molecule has 0 unspecified atom stereocenters. The summed E-state index contributed by atoms with van der Waals surface area (Å²) in [6.07, 6.45) is 0. The van der Waals surface area contributed by atoms with Gasteiger partial charge in [-0.15, -0.1) is 5.06 Å². The molecule has 0 saturated carbocycles.